The van der Waals surface area contributed by atoms with Crippen molar-refractivity contribution in [3.63, 3.8) is 0 Å². The average molecular weight is 548 g/mol. The molecular weight excluding hydrogens is 511 g/mol. The summed E-state index contributed by atoms with van der Waals surface area (Å²) in [6.45, 7) is 8.36. The minimum absolute atomic E-state index is 0. The van der Waals surface area contributed by atoms with Crippen molar-refractivity contribution in [1.82, 2.24) is 25.8 Å². The summed E-state index contributed by atoms with van der Waals surface area (Å²) in [6, 6.07) is 4.27. The fourth-order valence-corrected chi connectivity index (χ4v) is 3.75. The van der Waals surface area contributed by atoms with Crippen LogP contribution in [0.25, 0.3) is 0 Å². The summed E-state index contributed by atoms with van der Waals surface area (Å²) in [5, 5.41) is 9.75. The molecule has 176 valence electrons. The summed E-state index contributed by atoms with van der Waals surface area (Å²) in [6.07, 6.45) is 4.53. The normalized spacial score (nSPS) is 18.9. The Bertz CT molecular complexity index is 644. The van der Waals surface area contributed by atoms with Crippen molar-refractivity contribution in [2.75, 3.05) is 72.6 Å². The van der Waals surface area contributed by atoms with Gasteiger partial charge in [0, 0.05) is 58.8 Å². The summed E-state index contributed by atoms with van der Waals surface area (Å²) in [5.41, 5.74) is 0. The van der Waals surface area contributed by atoms with Gasteiger partial charge in [-0.25, -0.2) is 0 Å². The number of amides is 1. The van der Waals surface area contributed by atoms with Crippen molar-refractivity contribution >= 4 is 35.8 Å². The average Bonchev–Trinajstić information content (AvgIpc) is 3.29. The lowest BCUT2D eigenvalue weighted by molar-refractivity contribution is -0.122. The molecule has 0 aromatic carbocycles. The third kappa shape index (κ3) is 9.75. The van der Waals surface area contributed by atoms with Gasteiger partial charge in [-0.3, -0.25) is 19.6 Å². The Labute approximate surface area is 202 Å². The highest BCUT2D eigenvalue weighted by Gasteiger charge is 2.21. The molecule has 2 saturated heterocycles. The number of halogens is 1. The van der Waals surface area contributed by atoms with E-state index in [1.54, 1.807) is 13.3 Å². The number of carbonyl (C=O) groups excluding carboxylic acids is 1. The van der Waals surface area contributed by atoms with E-state index in [-0.39, 0.29) is 29.9 Å². The van der Waals surface area contributed by atoms with Crippen molar-refractivity contribution in [2.45, 2.75) is 25.3 Å². The number of rotatable bonds is 9. The van der Waals surface area contributed by atoms with E-state index < -0.39 is 0 Å². The molecule has 10 heteroatoms. The largest absolute Gasteiger partial charge is 0.469 e. The van der Waals surface area contributed by atoms with Gasteiger partial charge in [0.1, 0.15) is 5.76 Å². The van der Waals surface area contributed by atoms with Gasteiger partial charge in [0.2, 0.25) is 5.91 Å². The third-order valence-corrected chi connectivity index (χ3v) is 5.61. The van der Waals surface area contributed by atoms with Gasteiger partial charge in [-0.15, -0.1) is 24.0 Å². The van der Waals surface area contributed by atoms with Crippen molar-refractivity contribution < 1.29 is 13.9 Å². The van der Waals surface area contributed by atoms with Crippen molar-refractivity contribution in [3.8, 4) is 0 Å². The molecule has 0 radical (unpaired) electrons. The number of likely N-dealkylation sites (N-methyl/N-ethyl adjacent to an activating group) is 1. The van der Waals surface area contributed by atoms with E-state index in [1.165, 1.54) is 0 Å². The topological polar surface area (TPSA) is 94.4 Å². The highest BCUT2D eigenvalue weighted by Crippen LogP contribution is 2.10. The second-order valence-electron chi connectivity index (χ2n) is 7.81. The van der Waals surface area contributed by atoms with Crippen molar-refractivity contribution in [2.24, 2.45) is 4.99 Å². The van der Waals surface area contributed by atoms with Crippen LogP contribution in [0.2, 0.25) is 0 Å². The van der Waals surface area contributed by atoms with Gasteiger partial charge in [0.05, 0.1) is 32.6 Å². The molecule has 0 spiro atoms. The Balaban J connectivity index is 0.00000341. The highest BCUT2D eigenvalue weighted by molar-refractivity contribution is 14.0. The number of ether oxygens (including phenoxy) is 1. The van der Waals surface area contributed by atoms with Crippen LogP contribution in [0.3, 0.4) is 0 Å². The first-order chi connectivity index (χ1) is 14.7. The lowest BCUT2D eigenvalue weighted by Gasteiger charge is -2.32. The molecule has 31 heavy (non-hydrogen) atoms. The van der Waals surface area contributed by atoms with Crippen LogP contribution in [0.15, 0.2) is 27.8 Å². The van der Waals surface area contributed by atoms with Gasteiger partial charge in [-0.1, -0.05) is 0 Å². The predicted octanol–water partition coefficient (Wildman–Crippen LogP) is 0.518. The fraction of sp³-hybridized carbons (Fsp3) is 0.714. The fourth-order valence-electron chi connectivity index (χ4n) is 3.75. The molecule has 2 aliphatic heterocycles. The van der Waals surface area contributed by atoms with Gasteiger partial charge in [0.15, 0.2) is 5.96 Å². The van der Waals surface area contributed by atoms with E-state index >= 15 is 0 Å². The van der Waals surface area contributed by atoms with E-state index in [9.17, 15) is 4.79 Å². The van der Waals surface area contributed by atoms with E-state index in [1.807, 2.05) is 12.1 Å². The second kappa shape index (κ2) is 14.6. The van der Waals surface area contributed by atoms with Crippen LogP contribution in [0.4, 0.5) is 0 Å². The zero-order chi connectivity index (χ0) is 21.0. The molecule has 0 unspecified atom stereocenters. The summed E-state index contributed by atoms with van der Waals surface area (Å²) in [7, 11) is 1.69. The first-order valence-corrected chi connectivity index (χ1v) is 11.0. The summed E-state index contributed by atoms with van der Waals surface area (Å²) in [4.78, 5) is 21.0. The number of hydrogen-bond acceptors (Lipinski definition) is 6. The van der Waals surface area contributed by atoms with Crippen LogP contribution in [-0.4, -0.2) is 100 Å². The third-order valence-electron chi connectivity index (χ3n) is 5.61. The molecule has 2 fully saturated rings. The maximum atomic E-state index is 11.6. The Hall–Kier alpha value is -1.37. The summed E-state index contributed by atoms with van der Waals surface area (Å²) in [5.74, 6) is 1.91. The summed E-state index contributed by atoms with van der Waals surface area (Å²) < 4.78 is 10.8. The van der Waals surface area contributed by atoms with Gasteiger partial charge in [0.25, 0.3) is 0 Å². The van der Waals surface area contributed by atoms with Crippen LogP contribution < -0.4 is 16.0 Å². The minimum Gasteiger partial charge on any atom is -0.469 e. The quantitative estimate of drug-likeness (QED) is 0.236. The maximum absolute atomic E-state index is 11.6. The van der Waals surface area contributed by atoms with E-state index in [2.05, 4.69) is 25.8 Å². The van der Waals surface area contributed by atoms with Gasteiger partial charge in [-0.2, -0.15) is 0 Å². The molecule has 0 atom stereocenters. The first-order valence-electron chi connectivity index (χ1n) is 11.0. The predicted molar refractivity (Wildman–Crippen MR) is 132 cm³/mol. The zero-order valence-electron chi connectivity index (χ0n) is 18.5. The van der Waals surface area contributed by atoms with E-state index in [0.717, 1.165) is 90.0 Å². The lowest BCUT2D eigenvalue weighted by Crippen LogP contribution is -2.50. The SMILES string of the molecule is CNC(=O)CN1CCC(NC(=NCCN2CCOCC2)NCCc2ccco2)CC1.I. The molecule has 1 aromatic rings. The van der Waals surface area contributed by atoms with E-state index in [4.69, 9.17) is 14.1 Å². The van der Waals surface area contributed by atoms with Crippen LogP contribution in [0.5, 0.6) is 0 Å². The summed E-state index contributed by atoms with van der Waals surface area (Å²) >= 11 is 0. The molecule has 0 bridgehead atoms. The number of piperidine rings is 1. The molecular formula is C21H37IN6O3. The van der Waals surface area contributed by atoms with Crippen LogP contribution >= 0.6 is 24.0 Å². The number of likely N-dealkylation sites (tertiary alicyclic amines) is 1. The molecule has 1 amide bonds. The molecule has 9 nitrogen and oxygen atoms in total. The minimum atomic E-state index is 0. The van der Waals surface area contributed by atoms with Crippen LogP contribution in [0, 0.1) is 0 Å². The smallest absolute Gasteiger partial charge is 0.233 e. The molecule has 3 rings (SSSR count). The number of furan rings is 1. The number of aliphatic imine (C=N–C) groups is 1. The Morgan fingerprint density at radius 1 is 1.19 bits per heavy atom. The molecule has 1 aromatic heterocycles. The Morgan fingerprint density at radius 2 is 1.97 bits per heavy atom. The Morgan fingerprint density at radius 3 is 2.65 bits per heavy atom. The van der Waals surface area contributed by atoms with Crippen molar-refractivity contribution in [1.29, 1.82) is 0 Å². The molecule has 2 aliphatic rings. The number of nitrogens with zero attached hydrogens (tertiary/aromatic N) is 3. The van der Waals surface area contributed by atoms with Crippen molar-refractivity contribution in [3.05, 3.63) is 24.2 Å². The highest BCUT2D eigenvalue weighted by atomic mass is 127. The number of nitrogens with one attached hydrogen (secondary N) is 3. The monoisotopic (exact) mass is 548 g/mol. The maximum Gasteiger partial charge on any atom is 0.233 e. The zero-order valence-corrected chi connectivity index (χ0v) is 20.8. The van der Waals surface area contributed by atoms with Crippen LogP contribution in [0.1, 0.15) is 18.6 Å². The van der Waals surface area contributed by atoms with Gasteiger partial charge in [-0.05, 0) is 25.0 Å². The standard InChI is InChI=1S/C21H36N6O3.HI/c1-22-20(28)17-27-9-5-18(6-10-27)25-21(23-7-4-19-3-2-14-30-19)24-8-11-26-12-15-29-16-13-26;/h2-3,14,18H,4-13,15-17H2,1H3,(H,22,28)(H2,23,24,25);1H. The lowest BCUT2D eigenvalue weighted by atomic mass is 10.1. The second-order valence-corrected chi connectivity index (χ2v) is 7.81. The van der Waals surface area contributed by atoms with Crippen LogP contribution in [-0.2, 0) is 16.0 Å². The van der Waals surface area contributed by atoms with Gasteiger partial charge < -0.3 is 25.1 Å². The molecule has 3 N–H and O–H groups in total. The number of carbonyl (C=O) groups is 1. The molecule has 3 heterocycles. The molecule has 0 aliphatic carbocycles. The number of guanidine groups is 1. The number of morpholine rings is 1. The molecule has 0 saturated carbocycles. The first kappa shape index (κ1) is 25.9. The van der Waals surface area contributed by atoms with E-state index in [0.29, 0.717) is 12.6 Å². The van der Waals surface area contributed by atoms with Gasteiger partial charge >= 0.3 is 0 Å². The Kier molecular flexibility index (Phi) is 12.2. The number of hydrogen-bond donors (Lipinski definition) is 3.